The molecule has 0 amide bonds. The zero-order valence-corrected chi connectivity index (χ0v) is 16.4. The molecule has 10 aliphatic heterocycles. The second-order valence-corrected chi connectivity index (χ2v) is 36.8. The fourth-order valence-corrected chi connectivity index (χ4v) is 95.3. The predicted octanol–water partition coefficient (Wildman–Crippen LogP) is 5.81. The molecule has 0 N–H and O–H groups in total. The van der Waals surface area contributed by atoms with Gasteiger partial charge in [-0.1, -0.05) is 0 Å². The molecule has 2 nitrogen and oxygen atoms in total. The number of carbonyl (C=O) groups excluding carboxylic acids is 2. The SMILES string of the molecule is O=C(Cc1ccccc1)[C]12[CH]3[CH]4[CH]5[CH]1[Fe]45321678[CH]2[CH]1[CH]6[C]7(C(=O)c1ccccc1)[CH]28. The van der Waals surface area contributed by atoms with Gasteiger partial charge in [0.2, 0.25) is 0 Å². The van der Waals surface area contributed by atoms with Crippen molar-refractivity contribution in [2.75, 3.05) is 0 Å². The molecule has 0 bridgehead atoms. The number of Topliss-reactive ketones (excluding diaryl/α,β-unsaturated/α-hetero) is 2. The molecule has 10 saturated heterocycles. The Labute approximate surface area is 153 Å². The van der Waals surface area contributed by atoms with Crippen molar-refractivity contribution in [1.82, 2.24) is 0 Å². The van der Waals surface area contributed by atoms with Crippen molar-refractivity contribution < 1.29 is 16.1 Å². The normalized spacial score (nSPS) is 79.1. The van der Waals surface area contributed by atoms with Gasteiger partial charge in [-0.3, -0.25) is 0 Å². The molecule has 0 saturated carbocycles. The molecule has 10 fully saturated rings. The molecular formula is C25H20FeO2. The van der Waals surface area contributed by atoms with Gasteiger partial charge in [0.25, 0.3) is 0 Å². The molecule has 3 heteroatoms. The first-order chi connectivity index (χ1) is 13.4. The van der Waals surface area contributed by atoms with Gasteiger partial charge in [-0.15, -0.1) is 0 Å². The van der Waals surface area contributed by atoms with Crippen molar-refractivity contribution in [1.29, 1.82) is 0 Å². The third kappa shape index (κ3) is 0.195. The van der Waals surface area contributed by atoms with Crippen LogP contribution in [0.15, 0.2) is 60.7 Å². The van der Waals surface area contributed by atoms with E-state index in [-0.39, 0.29) is 8.63 Å². The van der Waals surface area contributed by atoms with E-state index in [0.717, 1.165) is 44.1 Å². The van der Waals surface area contributed by atoms with E-state index >= 15 is 0 Å². The van der Waals surface area contributed by atoms with E-state index in [4.69, 9.17) is 0 Å². The number of hydrogen-bond acceptors (Lipinski definition) is 2. The number of fused-ring (bicyclic) bond motifs is 10. The Balaban J connectivity index is 1.16. The summed E-state index contributed by atoms with van der Waals surface area (Å²) >= 11 is 0. The Hall–Kier alpha value is -1.70. The third-order valence-electron chi connectivity index (χ3n) is 17.8. The minimum atomic E-state index is -4.05. The van der Waals surface area contributed by atoms with Crippen molar-refractivity contribution in [3.8, 4) is 0 Å². The molecule has 0 aliphatic carbocycles. The van der Waals surface area contributed by atoms with Gasteiger partial charge in [0.1, 0.15) is 0 Å². The second-order valence-electron chi connectivity index (χ2n) is 13.6. The quantitative estimate of drug-likeness (QED) is 0.462. The maximum atomic E-state index is 14.1. The van der Waals surface area contributed by atoms with Crippen molar-refractivity contribution in [3.05, 3.63) is 71.8 Å². The van der Waals surface area contributed by atoms with E-state index in [1.54, 1.807) is 0 Å². The Morgan fingerprint density at radius 2 is 1.21 bits per heavy atom. The summed E-state index contributed by atoms with van der Waals surface area (Å²) in [5.74, 6) is 1.12. The molecule has 8 atom stereocenters. The number of rotatable bonds is 5. The van der Waals surface area contributed by atoms with E-state index in [9.17, 15) is 9.59 Å². The summed E-state index contributed by atoms with van der Waals surface area (Å²) in [6, 6.07) is 20.5. The molecule has 8 unspecified atom stereocenters. The molecule has 2 aromatic carbocycles. The summed E-state index contributed by atoms with van der Waals surface area (Å²) in [6.07, 6.45) is 0.632. The van der Waals surface area contributed by atoms with E-state index in [1.807, 2.05) is 36.4 Å². The molecule has 10 heterocycles. The maximum absolute atomic E-state index is 14.1. The molecule has 28 heavy (non-hydrogen) atoms. The molecule has 1 spiro atoms. The van der Waals surface area contributed by atoms with Crippen molar-refractivity contribution in [2.24, 2.45) is 0 Å². The van der Waals surface area contributed by atoms with E-state index in [1.165, 1.54) is 5.56 Å². The molecule has 140 valence electrons. The molecule has 12 rings (SSSR count). The molecule has 0 radical (unpaired) electrons. The van der Waals surface area contributed by atoms with Crippen LogP contribution >= 0.6 is 0 Å². The first-order valence-electron chi connectivity index (χ1n) is 10.8. The number of benzene rings is 2. The predicted molar refractivity (Wildman–Crippen MR) is 101 cm³/mol. The number of hydrogen-bond donors (Lipinski definition) is 0. The monoisotopic (exact) mass is 408 g/mol. The second kappa shape index (κ2) is 1.43. The van der Waals surface area contributed by atoms with Crippen LogP contribution in [0.4, 0.5) is 0 Å². The van der Waals surface area contributed by atoms with E-state index in [2.05, 4.69) is 24.3 Å². The summed E-state index contributed by atoms with van der Waals surface area (Å²) in [5, 5.41) is 0. The van der Waals surface area contributed by atoms with Crippen LogP contribution in [0.5, 0.6) is 0 Å². The number of carbonyl (C=O) groups is 2. The Morgan fingerprint density at radius 1 is 0.714 bits per heavy atom. The Bertz CT molecular complexity index is 1670. The standard InChI is InChI=1S/C13H11O.C12H9O.Fe/c14-13(12-8-4-5-9-12)10-11-6-2-1-3-7-11;13-12(11-8-4-5-9-11)10-6-2-1-3-7-10;/h1-9H,10H2;1-9H;. The van der Waals surface area contributed by atoms with Gasteiger partial charge >= 0.3 is 153 Å². The van der Waals surface area contributed by atoms with Gasteiger partial charge in [-0.05, 0) is 0 Å². The summed E-state index contributed by atoms with van der Waals surface area (Å²) in [4.78, 5) is 35.0. The van der Waals surface area contributed by atoms with Crippen LogP contribution in [0.2, 0.25) is 47.2 Å². The van der Waals surface area contributed by atoms with Crippen LogP contribution < -0.4 is 0 Å². The van der Waals surface area contributed by atoms with Gasteiger partial charge in [0.05, 0.1) is 0 Å². The van der Waals surface area contributed by atoms with Crippen LogP contribution in [-0.2, 0) is 17.7 Å². The molecular weight excluding hydrogens is 388 g/mol. The van der Waals surface area contributed by atoms with Crippen LogP contribution in [0.3, 0.4) is 0 Å². The zero-order chi connectivity index (χ0) is 18.0. The fraction of sp³-hybridized carbons (Fsp3) is 0.440. The van der Waals surface area contributed by atoms with Gasteiger partial charge in [0, 0.05) is 0 Å². The minimum absolute atomic E-state index is 0.0854. The number of ketones is 2. The fourth-order valence-electron chi connectivity index (χ4n) is 19.7. The molecule has 2 aromatic rings. The third-order valence-corrected chi connectivity index (χ3v) is 60.5. The summed E-state index contributed by atoms with van der Waals surface area (Å²) in [5.41, 5.74) is 2.15. The van der Waals surface area contributed by atoms with Crippen LogP contribution in [0.1, 0.15) is 15.9 Å². The first-order valence-corrected chi connectivity index (χ1v) is 17.0. The van der Waals surface area contributed by atoms with Crippen molar-refractivity contribution in [3.63, 3.8) is 0 Å². The first kappa shape index (κ1) is 12.1. The van der Waals surface area contributed by atoms with E-state index < -0.39 is 6.51 Å². The van der Waals surface area contributed by atoms with E-state index in [0.29, 0.717) is 18.0 Å². The average Bonchev–Trinajstić information content (AvgIpc) is 3.68. The summed E-state index contributed by atoms with van der Waals surface area (Å²) < 4.78 is 0.205. The van der Waals surface area contributed by atoms with Gasteiger partial charge in [0.15, 0.2) is 0 Å². The van der Waals surface area contributed by atoms with Crippen LogP contribution in [-0.4, -0.2) is 11.6 Å². The van der Waals surface area contributed by atoms with Crippen LogP contribution in [0, 0.1) is 0 Å². The Morgan fingerprint density at radius 3 is 1.75 bits per heavy atom. The van der Waals surface area contributed by atoms with Crippen molar-refractivity contribution >= 4 is 11.6 Å². The van der Waals surface area contributed by atoms with Crippen LogP contribution in [0.25, 0.3) is 0 Å². The molecule has 0 aromatic heterocycles. The van der Waals surface area contributed by atoms with Gasteiger partial charge in [-0.25, -0.2) is 0 Å². The average molecular weight is 408 g/mol. The Kier molecular flexibility index (Phi) is 0.617. The zero-order valence-electron chi connectivity index (χ0n) is 15.3. The summed E-state index contributed by atoms with van der Waals surface area (Å²) in [7, 11) is 0. The topological polar surface area (TPSA) is 34.1 Å². The summed E-state index contributed by atoms with van der Waals surface area (Å²) in [6.45, 7) is -4.05. The molecule has 10 aliphatic rings. The van der Waals surface area contributed by atoms with Gasteiger partial charge < -0.3 is 0 Å². The van der Waals surface area contributed by atoms with Crippen molar-refractivity contribution in [2.45, 2.75) is 53.6 Å². The van der Waals surface area contributed by atoms with Gasteiger partial charge in [-0.2, -0.15) is 0 Å².